The number of nitrogens with zero attached hydrogens (tertiary/aromatic N) is 1. The zero-order valence-electron chi connectivity index (χ0n) is 12.4. The van der Waals surface area contributed by atoms with Gasteiger partial charge in [0.25, 0.3) is 0 Å². The summed E-state index contributed by atoms with van der Waals surface area (Å²) in [6, 6.07) is 8.06. The zero-order valence-corrected chi connectivity index (χ0v) is 13.2. The van der Waals surface area contributed by atoms with Gasteiger partial charge in [-0.3, -0.25) is 0 Å². The highest BCUT2D eigenvalue weighted by atomic mass is 32.1. The maximum atomic E-state index is 10.9. The zero-order chi connectivity index (χ0) is 15.2. The van der Waals surface area contributed by atoms with Crippen LogP contribution in [0.1, 0.15) is 35.8 Å². The predicted molar refractivity (Wildman–Crippen MR) is 82.2 cm³/mol. The molecule has 1 atom stereocenters. The number of benzene rings is 1. The first-order chi connectivity index (χ1) is 10.1. The first-order valence-electron chi connectivity index (χ1n) is 7.18. The van der Waals surface area contributed by atoms with Crippen molar-refractivity contribution in [1.29, 1.82) is 0 Å². The van der Waals surface area contributed by atoms with E-state index in [1.807, 2.05) is 18.2 Å². The molecule has 5 heteroatoms. The number of aromatic carboxylic acids is 1. The van der Waals surface area contributed by atoms with Gasteiger partial charge in [0.15, 0.2) is 0 Å². The third kappa shape index (κ3) is 4.12. The van der Waals surface area contributed by atoms with Gasteiger partial charge < -0.3 is 14.8 Å². The van der Waals surface area contributed by atoms with Gasteiger partial charge in [-0.05, 0) is 6.42 Å². The normalized spacial score (nSPS) is 12.3. The molecule has 0 spiro atoms. The van der Waals surface area contributed by atoms with Crippen LogP contribution >= 0.6 is 11.3 Å². The minimum absolute atomic E-state index is 0.0106. The molecule has 0 aliphatic carbocycles. The summed E-state index contributed by atoms with van der Waals surface area (Å²) in [5.41, 5.74) is 2.23. The summed E-state index contributed by atoms with van der Waals surface area (Å²) in [7, 11) is 2.18. The summed E-state index contributed by atoms with van der Waals surface area (Å²) in [6.45, 7) is 4.24. The topological polar surface area (TPSA) is 57.5 Å². The highest BCUT2D eigenvalue weighted by Gasteiger charge is 2.12. The van der Waals surface area contributed by atoms with Crippen LogP contribution in [0.25, 0.3) is 10.6 Å². The van der Waals surface area contributed by atoms with Crippen LogP contribution in [0.2, 0.25) is 0 Å². The van der Waals surface area contributed by atoms with Crippen molar-refractivity contribution in [2.75, 3.05) is 13.6 Å². The van der Waals surface area contributed by atoms with E-state index in [0.29, 0.717) is 0 Å². The molecule has 0 aliphatic heterocycles. The second-order valence-corrected chi connectivity index (χ2v) is 6.08. The van der Waals surface area contributed by atoms with Crippen LogP contribution in [0, 0.1) is 0 Å². The number of carbonyl (C=O) groups excluding carboxylic acids is 1. The molecule has 21 heavy (non-hydrogen) atoms. The molecule has 2 aromatic rings. The molecule has 2 rings (SSSR count). The number of rotatable bonds is 7. The van der Waals surface area contributed by atoms with Crippen molar-refractivity contribution in [3.63, 3.8) is 0 Å². The lowest BCUT2D eigenvalue weighted by atomic mass is 10.1. The molecule has 0 aliphatic rings. The Hall–Kier alpha value is -1.72. The average Bonchev–Trinajstić information content (AvgIpc) is 2.95. The Morgan fingerprint density at radius 2 is 2.14 bits per heavy atom. The Balaban J connectivity index is 2.21. The lowest BCUT2D eigenvalue weighted by molar-refractivity contribution is -0.893. The molecule has 1 heterocycles. The van der Waals surface area contributed by atoms with Crippen LogP contribution in [0.5, 0.6) is 0 Å². The van der Waals surface area contributed by atoms with Gasteiger partial charge in [0.05, 0.1) is 25.3 Å². The molecule has 0 saturated carbocycles. The number of hydrogen-bond acceptors (Lipinski definition) is 4. The third-order valence-electron chi connectivity index (χ3n) is 3.41. The first kappa shape index (κ1) is 15.7. The lowest BCUT2D eigenvalue weighted by Gasteiger charge is -2.15. The van der Waals surface area contributed by atoms with E-state index in [9.17, 15) is 9.90 Å². The molecule has 0 saturated heterocycles. The van der Waals surface area contributed by atoms with Gasteiger partial charge in [0, 0.05) is 16.5 Å². The van der Waals surface area contributed by atoms with E-state index in [4.69, 9.17) is 0 Å². The molecule has 0 amide bonds. The smallest absolute Gasteiger partial charge is 0.124 e. The Labute approximate surface area is 129 Å². The Bertz CT molecular complexity index is 610. The number of nitrogens with one attached hydrogen (secondary N) is 1. The molecular weight excluding hydrogens is 284 g/mol. The van der Waals surface area contributed by atoms with Crippen molar-refractivity contribution in [2.45, 2.75) is 26.3 Å². The molecule has 1 unspecified atom stereocenters. The van der Waals surface area contributed by atoms with Crippen LogP contribution in [0.3, 0.4) is 0 Å². The van der Waals surface area contributed by atoms with Crippen molar-refractivity contribution < 1.29 is 14.8 Å². The summed E-state index contributed by atoms with van der Waals surface area (Å²) in [4.78, 5) is 16.5. The Kier molecular flexibility index (Phi) is 5.47. The summed E-state index contributed by atoms with van der Waals surface area (Å²) in [5, 5.41) is 13.1. The van der Waals surface area contributed by atoms with Crippen LogP contribution in [0.15, 0.2) is 29.6 Å². The molecule has 1 N–H and O–H groups in total. The van der Waals surface area contributed by atoms with Gasteiger partial charge in [0.1, 0.15) is 11.6 Å². The number of carboxylic acids is 1. The minimum Gasteiger partial charge on any atom is -0.543 e. The predicted octanol–water partition coefficient (Wildman–Crippen LogP) is 0.988. The second-order valence-electron chi connectivity index (χ2n) is 5.22. The standard InChI is InChI=1S/C16H20N2O2S/c1-3-4-9-18(2)10-12-7-5-6-8-13(12)15-17-14(11-21-15)16(19)20/h5-8,11H,3-4,9-10H2,1-2H3,(H,19,20). The van der Waals surface area contributed by atoms with Crippen molar-refractivity contribution in [1.82, 2.24) is 4.98 Å². The highest BCUT2D eigenvalue weighted by molar-refractivity contribution is 7.13. The molecule has 0 fully saturated rings. The monoisotopic (exact) mass is 304 g/mol. The number of thiazole rings is 1. The molecule has 112 valence electrons. The first-order valence-corrected chi connectivity index (χ1v) is 8.06. The summed E-state index contributed by atoms with van der Waals surface area (Å²) >= 11 is 1.35. The molecule has 4 nitrogen and oxygen atoms in total. The number of carbonyl (C=O) groups is 1. The van der Waals surface area contributed by atoms with Gasteiger partial charge in [-0.2, -0.15) is 0 Å². The van der Waals surface area contributed by atoms with E-state index in [-0.39, 0.29) is 5.69 Å². The number of carboxylic acid groups (broad SMARTS) is 1. The molecule has 1 aromatic heterocycles. The summed E-state index contributed by atoms with van der Waals surface area (Å²) in [6.07, 6.45) is 2.40. The van der Waals surface area contributed by atoms with E-state index in [1.165, 1.54) is 40.0 Å². The molecule has 0 radical (unpaired) electrons. The highest BCUT2D eigenvalue weighted by Crippen LogP contribution is 2.26. The largest absolute Gasteiger partial charge is 0.543 e. The van der Waals surface area contributed by atoms with Crippen LogP contribution < -0.4 is 10.0 Å². The fourth-order valence-electron chi connectivity index (χ4n) is 2.27. The Morgan fingerprint density at radius 1 is 1.38 bits per heavy atom. The van der Waals surface area contributed by atoms with Crippen LogP contribution in [0.4, 0.5) is 0 Å². The number of aromatic nitrogens is 1. The second kappa shape index (κ2) is 7.33. The maximum Gasteiger partial charge on any atom is 0.124 e. The van der Waals surface area contributed by atoms with Crippen molar-refractivity contribution in [2.24, 2.45) is 0 Å². The van der Waals surface area contributed by atoms with Crippen molar-refractivity contribution in [3.8, 4) is 10.6 Å². The van der Waals surface area contributed by atoms with Gasteiger partial charge in [-0.25, -0.2) is 4.98 Å². The SMILES string of the molecule is CCCC[NH+](C)Cc1ccccc1-c1nc(C(=O)[O-])cs1. The number of hydrogen-bond donors (Lipinski definition) is 1. The quantitative estimate of drug-likeness (QED) is 0.830. The molecule has 1 aromatic carbocycles. The average molecular weight is 304 g/mol. The Morgan fingerprint density at radius 3 is 2.81 bits per heavy atom. The van der Waals surface area contributed by atoms with E-state index in [1.54, 1.807) is 0 Å². The minimum atomic E-state index is -1.22. The molecule has 0 bridgehead atoms. The lowest BCUT2D eigenvalue weighted by Crippen LogP contribution is -3.07. The van der Waals surface area contributed by atoms with Crippen molar-refractivity contribution in [3.05, 3.63) is 40.9 Å². The van der Waals surface area contributed by atoms with Gasteiger partial charge >= 0.3 is 0 Å². The van der Waals surface area contributed by atoms with E-state index < -0.39 is 5.97 Å². The van der Waals surface area contributed by atoms with E-state index >= 15 is 0 Å². The van der Waals surface area contributed by atoms with Crippen LogP contribution in [-0.2, 0) is 6.54 Å². The number of quaternary nitrogens is 1. The summed E-state index contributed by atoms with van der Waals surface area (Å²) < 4.78 is 0. The molecular formula is C16H20N2O2S. The maximum absolute atomic E-state index is 10.9. The summed E-state index contributed by atoms with van der Waals surface area (Å²) in [5.74, 6) is -1.22. The third-order valence-corrected chi connectivity index (χ3v) is 4.29. The van der Waals surface area contributed by atoms with Crippen LogP contribution in [-0.4, -0.2) is 24.5 Å². The van der Waals surface area contributed by atoms with Gasteiger partial charge in [0.2, 0.25) is 0 Å². The van der Waals surface area contributed by atoms with Gasteiger partial charge in [-0.15, -0.1) is 11.3 Å². The van der Waals surface area contributed by atoms with Gasteiger partial charge in [-0.1, -0.05) is 37.6 Å². The van der Waals surface area contributed by atoms with E-state index in [0.717, 1.165) is 23.7 Å². The number of unbranched alkanes of at least 4 members (excludes halogenated alkanes) is 1. The fraction of sp³-hybridized carbons (Fsp3) is 0.375. The van der Waals surface area contributed by atoms with Crippen molar-refractivity contribution >= 4 is 17.3 Å². The fourth-order valence-corrected chi connectivity index (χ4v) is 3.12. The van der Waals surface area contributed by atoms with E-state index in [2.05, 4.69) is 25.0 Å².